The molecule has 2 rings (SSSR count). The maximum atomic E-state index is 3.58. The van der Waals surface area contributed by atoms with Gasteiger partial charge in [0.25, 0.3) is 0 Å². The SMILES string of the molecule is CCNCC1(c2cccc(C)c2)CC(C(C)(C)C)C1. The highest BCUT2D eigenvalue weighted by atomic mass is 14.9. The van der Waals surface area contributed by atoms with Gasteiger partial charge in [0.05, 0.1) is 0 Å². The van der Waals surface area contributed by atoms with Gasteiger partial charge >= 0.3 is 0 Å². The number of hydrogen-bond donors (Lipinski definition) is 1. The second kappa shape index (κ2) is 5.28. The van der Waals surface area contributed by atoms with Crippen molar-refractivity contribution in [2.24, 2.45) is 11.3 Å². The highest BCUT2D eigenvalue weighted by Crippen LogP contribution is 2.54. The van der Waals surface area contributed by atoms with Crippen LogP contribution in [0.2, 0.25) is 0 Å². The predicted octanol–water partition coefficient (Wildman–Crippen LogP) is 4.30. The molecule has 1 saturated carbocycles. The lowest BCUT2D eigenvalue weighted by molar-refractivity contribution is 0.0452. The Labute approximate surface area is 118 Å². The Morgan fingerprint density at radius 2 is 1.95 bits per heavy atom. The zero-order valence-corrected chi connectivity index (χ0v) is 13.2. The van der Waals surface area contributed by atoms with Gasteiger partial charge in [0.15, 0.2) is 0 Å². The maximum absolute atomic E-state index is 3.58. The van der Waals surface area contributed by atoms with E-state index in [2.05, 4.69) is 64.2 Å². The first-order valence-electron chi connectivity index (χ1n) is 7.65. The Bertz CT molecular complexity index is 422. The lowest BCUT2D eigenvalue weighted by Crippen LogP contribution is -2.52. The molecule has 1 aliphatic rings. The van der Waals surface area contributed by atoms with E-state index in [0.29, 0.717) is 10.8 Å². The lowest BCUT2D eigenvalue weighted by Gasteiger charge is -2.53. The van der Waals surface area contributed by atoms with Gasteiger partial charge in [-0.3, -0.25) is 0 Å². The van der Waals surface area contributed by atoms with Crippen molar-refractivity contribution < 1.29 is 0 Å². The normalized spacial score (nSPS) is 27.1. The first kappa shape index (κ1) is 14.6. The predicted molar refractivity (Wildman–Crippen MR) is 83.6 cm³/mol. The quantitative estimate of drug-likeness (QED) is 0.850. The zero-order chi connectivity index (χ0) is 14.1. The molecule has 0 spiro atoms. The summed E-state index contributed by atoms with van der Waals surface area (Å²) < 4.78 is 0. The fourth-order valence-electron chi connectivity index (χ4n) is 3.32. The molecule has 1 heteroatoms. The molecule has 0 unspecified atom stereocenters. The maximum Gasteiger partial charge on any atom is 0.00835 e. The molecule has 0 bridgehead atoms. The third-order valence-electron chi connectivity index (χ3n) is 4.84. The molecule has 1 nitrogen and oxygen atoms in total. The van der Waals surface area contributed by atoms with E-state index < -0.39 is 0 Å². The number of likely N-dealkylation sites (N-methyl/N-ethyl adjacent to an activating group) is 1. The van der Waals surface area contributed by atoms with Gasteiger partial charge < -0.3 is 5.32 Å². The van der Waals surface area contributed by atoms with Crippen LogP contribution in [0.15, 0.2) is 24.3 Å². The van der Waals surface area contributed by atoms with Crippen molar-refractivity contribution in [3.63, 3.8) is 0 Å². The largest absolute Gasteiger partial charge is 0.316 e. The molecule has 0 heterocycles. The van der Waals surface area contributed by atoms with Gasteiger partial charge in [0, 0.05) is 12.0 Å². The van der Waals surface area contributed by atoms with Crippen LogP contribution in [0.1, 0.15) is 51.7 Å². The van der Waals surface area contributed by atoms with Crippen LogP contribution in [0.4, 0.5) is 0 Å². The number of rotatable bonds is 4. The van der Waals surface area contributed by atoms with Crippen LogP contribution in [0.5, 0.6) is 0 Å². The Kier molecular flexibility index (Phi) is 4.06. The smallest absolute Gasteiger partial charge is 0.00835 e. The first-order chi connectivity index (χ1) is 8.87. The molecule has 0 saturated heterocycles. The van der Waals surface area contributed by atoms with Crippen molar-refractivity contribution in [1.82, 2.24) is 5.32 Å². The average molecular weight is 259 g/mol. The number of aryl methyl sites for hydroxylation is 1. The van der Waals surface area contributed by atoms with Crippen molar-refractivity contribution in [2.75, 3.05) is 13.1 Å². The highest BCUT2D eigenvalue weighted by Gasteiger charge is 2.48. The van der Waals surface area contributed by atoms with E-state index in [4.69, 9.17) is 0 Å². The van der Waals surface area contributed by atoms with Crippen LogP contribution in [0.3, 0.4) is 0 Å². The van der Waals surface area contributed by atoms with Gasteiger partial charge in [0.2, 0.25) is 0 Å². The van der Waals surface area contributed by atoms with Crippen LogP contribution < -0.4 is 5.32 Å². The summed E-state index contributed by atoms with van der Waals surface area (Å²) in [6, 6.07) is 9.12. The van der Waals surface area contributed by atoms with Crippen molar-refractivity contribution in [1.29, 1.82) is 0 Å². The minimum absolute atomic E-state index is 0.375. The van der Waals surface area contributed by atoms with E-state index in [9.17, 15) is 0 Å². The third-order valence-corrected chi connectivity index (χ3v) is 4.84. The molecule has 0 aliphatic heterocycles. The molecule has 106 valence electrons. The van der Waals surface area contributed by atoms with Crippen molar-refractivity contribution in [3.05, 3.63) is 35.4 Å². The molecule has 1 fully saturated rings. The Morgan fingerprint density at radius 3 is 2.47 bits per heavy atom. The van der Waals surface area contributed by atoms with Crippen molar-refractivity contribution in [3.8, 4) is 0 Å². The highest BCUT2D eigenvalue weighted by molar-refractivity contribution is 5.33. The summed E-state index contributed by atoms with van der Waals surface area (Å²) in [4.78, 5) is 0. The fraction of sp³-hybridized carbons (Fsp3) is 0.667. The summed E-state index contributed by atoms with van der Waals surface area (Å²) >= 11 is 0. The van der Waals surface area contributed by atoms with E-state index in [-0.39, 0.29) is 0 Å². The van der Waals surface area contributed by atoms with Crippen LogP contribution >= 0.6 is 0 Å². The Balaban J connectivity index is 2.19. The van der Waals surface area contributed by atoms with Crippen LogP contribution in [0, 0.1) is 18.3 Å². The summed E-state index contributed by atoms with van der Waals surface area (Å²) in [6.45, 7) is 13.7. The van der Waals surface area contributed by atoms with Gasteiger partial charge in [-0.2, -0.15) is 0 Å². The topological polar surface area (TPSA) is 12.0 Å². The molecule has 0 amide bonds. The summed E-state index contributed by atoms with van der Waals surface area (Å²) in [5.41, 5.74) is 3.74. The Hall–Kier alpha value is -0.820. The van der Waals surface area contributed by atoms with E-state index in [1.165, 1.54) is 24.0 Å². The van der Waals surface area contributed by atoms with E-state index >= 15 is 0 Å². The second-order valence-corrected chi connectivity index (χ2v) is 7.40. The van der Waals surface area contributed by atoms with Gasteiger partial charge in [-0.25, -0.2) is 0 Å². The Morgan fingerprint density at radius 1 is 1.26 bits per heavy atom. The molecule has 0 atom stereocenters. The van der Waals surface area contributed by atoms with Gasteiger partial charge in [-0.05, 0) is 43.2 Å². The molecular formula is C18H29N. The lowest BCUT2D eigenvalue weighted by atomic mass is 9.52. The van der Waals surface area contributed by atoms with Gasteiger partial charge in [-0.1, -0.05) is 57.5 Å². The van der Waals surface area contributed by atoms with Crippen LogP contribution in [-0.2, 0) is 5.41 Å². The number of benzene rings is 1. The number of hydrogen-bond acceptors (Lipinski definition) is 1. The van der Waals surface area contributed by atoms with Crippen molar-refractivity contribution in [2.45, 2.75) is 52.9 Å². The minimum Gasteiger partial charge on any atom is -0.316 e. The summed E-state index contributed by atoms with van der Waals surface area (Å²) in [7, 11) is 0. The van der Waals surface area contributed by atoms with Crippen LogP contribution in [-0.4, -0.2) is 13.1 Å². The fourth-order valence-corrected chi connectivity index (χ4v) is 3.32. The molecule has 19 heavy (non-hydrogen) atoms. The molecule has 1 N–H and O–H groups in total. The molecule has 1 aliphatic carbocycles. The van der Waals surface area contributed by atoms with Gasteiger partial charge in [-0.15, -0.1) is 0 Å². The standard InChI is InChI=1S/C18H29N/c1-6-19-13-18(11-16(12-18)17(3,4)5)15-9-7-8-14(2)10-15/h7-10,16,19H,6,11-13H2,1-5H3. The van der Waals surface area contributed by atoms with Gasteiger partial charge in [0.1, 0.15) is 0 Å². The number of nitrogens with one attached hydrogen (secondary N) is 1. The molecule has 0 radical (unpaired) electrons. The average Bonchev–Trinajstić information content (AvgIpc) is 2.26. The summed E-state index contributed by atoms with van der Waals surface area (Å²) in [5.74, 6) is 0.853. The third kappa shape index (κ3) is 3.02. The van der Waals surface area contributed by atoms with E-state index in [1.807, 2.05) is 0 Å². The first-order valence-corrected chi connectivity index (χ1v) is 7.65. The molecule has 0 aromatic heterocycles. The minimum atomic E-state index is 0.375. The monoisotopic (exact) mass is 259 g/mol. The second-order valence-electron chi connectivity index (χ2n) is 7.40. The van der Waals surface area contributed by atoms with E-state index in [0.717, 1.165) is 19.0 Å². The molecule has 1 aromatic rings. The zero-order valence-electron chi connectivity index (χ0n) is 13.2. The molecular weight excluding hydrogens is 230 g/mol. The van der Waals surface area contributed by atoms with E-state index in [1.54, 1.807) is 0 Å². The molecule has 1 aromatic carbocycles. The summed E-state index contributed by atoms with van der Waals surface area (Å²) in [5, 5.41) is 3.58. The summed E-state index contributed by atoms with van der Waals surface area (Å²) in [6.07, 6.45) is 2.65. The van der Waals surface area contributed by atoms with Crippen LogP contribution in [0.25, 0.3) is 0 Å². The van der Waals surface area contributed by atoms with Crippen molar-refractivity contribution >= 4 is 0 Å².